The van der Waals surface area contributed by atoms with Crippen molar-refractivity contribution in [1.82, 2.24) is 15.1 Å². The van der Waals surface area contributed by atoms with Gasteiger partial charge < -0.3 is 20.7 Å². The number of hydrogen-bond acceptors (Lipinski definition) is 7. The van der Waals surface area contributed by atoms with E-state index in [1.165, 1.54) is 6.07 Å². The summed E-state index contributed by atoms with van der Waals surface area (Å²) < 4.78 is 46.5. The molecule has 5 rings (SSSR count). The van der Waals surface area contributed by atoms with E-state index in [1.807, 2.05) is 18.2 Å². The highest BCUT2D eigenvalue weighted by Gasteiger charge is 2.29. The van der Waals surface area contributed by atoms with Crippen molar-refractivity contribution < 1.29 is 17.9 Å². The molecule has 1 unspecified atom stereocenters. The molecular formula is C23H25F3N6O. The van der Waals surface area contributed by atoms with Gasteiger partial charge in [0, 0.05) is 55.0 Å². The lowest BCUT2D eigenvalue weighted by Crippen LogP contribution is -2.58. The van der Waals surface area contributed by atoms with E-state index in [9.17, 15) is 13.2 Å². The molecule has 0 spiro atoms. The van der Waals surface area contributed by atoms with Crippen LogP contribution in [0.3, 0.4) is 0 Å². The average molecular weight is 458 g/mol. The maximum Gasteiger partial charge on any atom is 0.266 e. The van der Waals surface area contributed by atoms with Gasteiger partial charge in [-0.25, -0.2) is 13.2 Å². The number of nitrogen functional groups attached to an aromatic ring is 1. The van der Waals surface area contributed by atoms with E-state index in [4.69, 9.17) is 10.5 Å². The van der Waals surface area contributed by atoms with Crippen LogP contribution < -0.4 is 16.0 Å². The molecule has 0 saturated carbocycles. The number of rotatable bonds is 5. The van der Waals surface area contributed by atoms with Gasteiger partial charge in [-0.05, 0) is 30.3 Å². The highest BCUT2D eigenvalue weighted by Crippen LogP contribution is 2.30. The molecule has 3 heterocycles. The number of piperazine rings is 1. The largest absolute Gasteiger partial charge is 0.399 e. The molecule has 0 radical (unpaired) electrons. The van der Waals surface area contributed by atoms with Crippen molar-refractivity contribution in [2.45, 2.75) is 19.0 Å². The number of fused-ring (bicyclic) bond motifs is 2. The fraction of sp³-hybridized carbons (Fsp3) is 0.391. The molecule has 0 aliphatic carbocycles. The molecule has 2 aromatic carbocycles. The first-order valence-corrected chi connectivity index (χ1v) is 10.9. The summed E-state index contributed by atoms with van der Waals surface area (Å²) in [5.41, 5.74) is 7.55. The minimum atomic E-state index is -2.94. The summed E-state index contributed by atoms with van der Waals surface area (Å²) in [6, 6.07) is 8.66. The van der Waals surface area contributed by atoms with Crippen LogP contribution in [0.5, 0.6) is 0 Å². The Hall–Kier alpha value is -3.11. The minimum absolute atomic E-state index is 0.0142. The van der Waals surface area contributed by atoms with Gasteiger partial charge in [-0.2, -0.15) is 10.2 Å². The van der Waals surface area contributed by atoms with Crippen molar-refractivity contribution >= 4 is 28.0 Å². The first-order chi connectivity index (χ1) is 16.0. The molecule has 0 bridgehead atoms. The molecule has 2 aliphatic heterocycles. The Kier molecular flexibility index (Phi) is 5.94. The van der Waals surface area contributed by atoms with Gasteiger partial charge in [0.2, 0.25) is 0 Å². The van der Waals surface area contributed by atoms with Gasteiger partial charge in [0.1, 0.15) is 5.82 Å². The predicted molar refractivity (Wildman–Crippen MR) is 121 cm³/mol. The van der Waals surface area contributed by atoms with E-state index in [1.54, 1.807) is 6.20 Å². The molecule has 174 valence electrons. The normalized spacial score (nSPS) is 19.2. The van der Waals surface area contributed by atoms with Crippen molar-refractivity contribution in [3.05, 3.63) is 53.5 Å². The van der Waals surface area contributed by atoms with E-state index in [-0.39, 0.29) is 17.8 Å². The Morgan fingerprint density at radius 1 is 1.18 bits per heavy atom. The Balaban J connectivity index is 1.39. The van der Waals surface area contributed by atoms with Crippen molar-refractivity contribution in [1.29, 1.82) is 0 Å². The lowest BCUT2D eigenvalue weighted by molar-refractivity contribution is -0.0116. The lowest BCUT2D eigenvalue weighted by atomic mass is 10.1. The van der Waals surface area contributed by atoms with Crippen LogP contribution in [-0.2, 0) is 11.3 Å². The second-order valence-electron chi connectivity index (χ2n) is 8.41. The standard InChI is InChI=1S/C23H25F3N6O/c24-22-14(7-15(27)8-19(22)23(25)26)10-28-21-11-29-30-20-2-1-16(9-18(20)21)32-4-3-31-5-6-33-13-17(31)12-32/h1-2,7-9,11,17,23H,3-6,10,12-13,27H2,(H,28,30). The Morgan fingerprint density at radius 3 is 2.91 bits per heavy atom. The lowest BCUT2D eigenvalue weighted by Gasteiger charge is -2.44. The SMILES string of the molecule is Nc1cc(CNc2cnnc3ccc(N4CCN5CCOCC5C4)cc23)c(F)c(C(F)F)c1. The number of ether oxygens (including phenoxy) is 1. The Bertz CT molecular complexity index is 1160. The van der Waals surface area contributed by atoms with E-state index in [0.29, 0.717) is 17.2 Å². The van der Waals surface area contributed by atoms with Gasteiger partial charge in [0.25, 0.3) is 6.43 Å². The fourth-order valence-corrected chi connectivity index (χ4v) is 4.58. The number of alkyl halides is 2. The highest BCUT2D eigenvalue weighted by molar-refractivity contribution is 5.92. The zero-order valence-corrected chi connectivity index (χ0v) is 18.0. The molecule has 1 aromatic heterocycles. The quantitative estimate of drug-likeness (QED) is 0.567. The predicted octanol–water partition coefficient (Wildman–Crippen LogP) is 3.42. The topological polar surface area (TPSA) is 79.5 Å². The van der Waals surface area contributed by atoms with Gasteiger partial charge >= 0.3 is 0 Å². The summed E-state index contributed by atoms with van der Waals surface area (Å²) in [4.78, 5) is 4.79. The zero-order valence-electron chi connectivity index (χ0n) is 18.0. The number of nitrogens with zero attached hydrogens (tertiary/aromatic N) is 4. The number of aromatic nitrogens is 2. The minimum Gasteiger partial charge on any atom is -0.399 e. The molecule has 3 N–H and O–H groups in total. The van der Waals surface area contributed by atoms with Crippen molar-refractivity contribution in [2.24, 2.45) is 0 Å². The third kappa shape index (κ3) is 4.40. The molecule has 10 heteroatoms. The van der Waals surface area contributed by atoms with Gasteiger partial charge in [-0.3, -0.25) is 4.90 Å². The van der Waals surface area contributed by atoms with E-state index in [2.05, 4.69) is 25.3 Å². The Labute approximate surface area is 189 Å². The smallest absolute Gasteiger partial charge is 0.266 e. The van der Waals surface area contributed by atoms with Crippen molar-refractivity contribution in [2.75, 3.05) is 55.3 Å². The second kappa shape index (κ2) is 9.03. The molecule has 2 saturated heterocycles. The van der Waals surface area contributed by atoms with Crippen LogP contribution in [0.2, 0.25) is 0 Å². The van der Waals surface area contributed by atoms with Gasteiger partial charge in [0.05, 0.1) is 42.2 Å². The number of benzene rings is 2. The first kappa shape index (κ1) is 21.7. The second-order valence-corrected chi connectivity index (χ2v) is 8.41. The maximum absolute atomic E-state index is 14.5. The summed E-state index contributed by atoms with van der Waals surface area (Å²) in [6.07, 6.45) is -1.38. The van der Waals surface area contributed by atoms with E-state index in [0.717, 1.165) is 56.5 Å². The van der Waals surface area contributed by atoms with Crippen LogP contribution in [0.1, 0.15) is 17.6 Å². The molecule has 33 heavy (non-hydrogen) atoms. The van der Waals surface area contributed by atoms with Gasteiger partial charge in [-0.1, -0.05) is 0 Å². The number of hydrogen-bond donors (Lipinski definition) is 2. The number of nitrogens with two attached hydrogens (primary N) is 1. The molecule has 2 fully saturated rings. The Morgan fingerprint density at radius 2 is 2.06 bits per heavy atom. The monoisotopic (exact) mass is 458 g/mol. The van der Waals surface area contributed by atoms with Crippen LogP contribution in [-0.4, -0.2) is 60.5 Å². The maximum atomic E-state index is 14.5. The van der Waals surface area contributed by atoms with Crippen LogP contribution in [0, 0.1) is 5.82 Å². The van der Waals surface area contributed by atoms with Gasteiger partial charge in [-0.15, -0.1) is 0 Å². The third-order valence-electron chi connectivity index (χ3n) is 6.33. The highest BCUT2D eigenvalue weighted by atomic mass is 19.3. The van der Waals surface area contributed by atoms with Crippen molar-refractivity contribution in [3.63, 3.8) is 0 Å². The number of morpholine rings is 1. The fourth-order valence-electron chi connectivity index (χ4n) is 4.58. The molecular weight excluding hydrogens is 433 g/mol. The molecule has 0 amide bonds. The molecule has 7 nitrogen and oxygen atoms in total. The van der Waals surface area contributed by atoms with Crippen LogP contribution in [0.4, 0.5) is 30.2 Å². The van der Waals surface area contributed by atoms with Crippen LogP contribution >= 0.6 is 0 Å². The number of halogens is 3. The molecule has 2 aliphatic rings. The summed E-state index contributed by atoms with van der Waals surface area (Å²) >= 11 is 0. The number of nitrogens with one attached hydrogen (secondary N) is 1. The third-order valence-corrected chi connectivity index (χ3v) is 6.33. The first-order valence-electron chi connectivity index (χ1n) is 10.9. The van der Waals surface area contributed by atoms with Crippen molar-refractivity contribution in [3.8, 4) is 0 Å². The molecule has 3 aromatic rings. The average Bonchev–Trinajstić information content (AvgIpc) is 2.83. The molecule has 1 atom stereocenters. The summed E-state index contributed by atoms with van der Waals surface area (Å²) in [6.45, 7) is 5.23. The summed E-state index contributed by atoms with van der Waals surface area (Å²) in [5, 5.41) is 12.2. The van der Waals surface area contributed by atoms with E-state index >= 15 is 0 Å². The van der Waals surface area contributed by atoms with Crippen LogP contribution in [0.25, 0.3) is 10.9 Å². The summed E-state index contributed by atoms with van der Waals surface area (Å²) in [5.74, 6) is -0.953. The summed E-state index contributed by atoms with van der Waals surface area (Å²) in [7, 11) is 0. The zero-order chi connectivity index (χ0) is 22.9. The van der Waals surface area contributed by atoms with Gasteiger partial charge in [0.15, 0.2) is 0 Å². The van der Waals surface area contributed by atoms with E-state index < -0.39 is 17.8 Å². The number of anilines is 3. The van der Waals surface area contributed by atoms with Crippen LogP contribution in [0.15, 0.2) is 36.5 Å².